The Bertz CT molecular complexity index is 819. The molecule has 3 rings (SSSR count). The van der Waals surface area contributed by atoms with E-state index in [0.717, 1.165) is 26.5 Å². The predicted octanol–water partition coefficient (Wildman–Crippen LogP) is 3.00. The van der Waals surface area contributed by atoms with Crippen LogP contribution in [0, 0.1) is 12.3 Å². The number of fused-ring (bicyclic) bond motifs is 3. The number of nitrogens with zero attached hydrogens (tertiary/aromatic N) is 4. The normalized spacial score (nSPS) is 11.0. The van der Waals surface area contributed by atoms with Crippen LogP contribution in [0.15, 0.2) is 27.8 Å². The van der Waals surface area contributed by atoms with Crippen molar-refractivity contribution >= 4 is 49.8 Å². The molecule has 0 aliphatic heterocycles. The second-order valence-electron chi connectivity index (χ2n) is 3.98. The number of aryl methyl sites for hydroxylation is 1. The lowest BCUT2D eigenvalue weighted by Gasteiger charge is -1.98. The van der Waals surface area contributed by atoms with E-state index in [2.05, 4.69) is 37.0 Å². The van der Waals surface area contributed by atoms with E-state index in [4.69, 9.17) is 6.42 Å². The number of aromatic nitrogens is 4. The van der Waals surface area contributed by atoms with Gasteiger partial charge >= 0.3 is 0 Å². The van der Waals surface area contributed by atoms with Crippen LogP contribution in [0.4, 0.5) is 0 Å². The molecule has 0 saturated carbocycles. The van der Waals surface area contributed by atoms with E-state index in [9.17, 15) is 0 Å². The molecule has 0 aliphatic carbocycles. The molecule has 2 heterocycles. The summed E-state index contributed by atoms with van der Waals surface area (Å²) in [5.74, 6) is 3.10. The largest absolute Gasteiger partial charge is 0.327 e. The molecule has 0 spiro atoms. The topological polar surface area (TPSA) is 43.6 Å². The first-order valence-corrected chi connectivity index (χ1v) is 7.33. The molecule has 19 heavy (non-hydrogen) atoms. The van der Waals surface area contributed by atoms with Crippen LogP contribution in [-0.2, 0) is 7.05 Å². The summed E-state index contributed by atoms with van der Waals surface area (Å²) in [5, 5.41) is 10.0. The molecule has 0 radical (unpaired) electrons. The van der Waals surface area contributed by atoms with Gasteiger partial charge in [0.15, 0.2) is 5.65 Å². The van der Waals surface area contributed by atoms with Crippen molar-refractivity contribution in [3.63, 3.8) is 0 Å². The maximum absolute atomic E-state index is 5.24. The van der Waals surface area contributed by atoms with Crippen molar-refractivity contribution in [2.24, 2.45) is 7.05 Å². The molecule has 0 amide bonds. The van der Waals surface area contributed by atoms with E-state index in [0.29, 0.717) is 10.9 Å². The Morgan fingerprint density at radius 1 is 1.42 bits per heavy atom. The standard InChI is InChI=1S/C13H9BrN4S/c1-3-6-19-13-15-12-11(16-17-13)9-7-8(14)4-5-10(9)18(12)2/h1,4-5,7H,6H2,2H3. The fourth-order valence-corrected chi connectivity index (χ4v) is 2.81. The molecular weight excluding hydrogens is 324 g/mol. The van der Waals surface area contributed by atoms with Crippen molar-refractivity contribution < 1.29 is 0 Å². The number of thioether (sulfide) groups is 1. The number of benzene rings is 1. The fraction of sp³-hybridized carbons (Fsp3) is 0.154. The third kappa shape index (κ3) is 2.09. The van der Waals surface area contributed by atoms with Crippen LogP contribution in [0.2, 0.25) is 0 Å². The van der Waals surface area contributed by atoms with Crippen molar-refractivity contribution in [3.8, 4) is 12.3 Å². The highest BCUT2D eigenvalue weighted by molar-refractivity contribution is 9.10. The Hall–Kier alpha value is -1.58. The van der Waals surface area contributed by atoms with Crippen molar-refractivity contribution in [3.05, 3.63) is 22.7 Å². The molecule has 0 atom stereocenters. The third-order valence-corrected chi connectivity index (χ3v) is 4.06. The van der Waals surface area contributed by atoms with Gasteiger partial charge in [0.1, 0.15) is 5.52 Å². The van der Waals surface area contributed by atoms with E-state index in [1.54, 1.807) is 0 Å². The van der Waals surface area contributed by atoms with Gasteiger partial charge in [0.2, 0.25) is 5.16 Å². The van der Waals surface area contributed by atoms with Crippen LogP contribution in [0.3, 0.4) is 0 Å². The van der Waals surface area contributed by atoms with Gasteiger partial charge in [-0.3, -0.25) is 0 Å². The first kappa shape index (κ1) is 12.5. The van der Waals surface area contributed by atoms with E-state index in [1.165, 1.54) is 11.8 Å². The summed E-state index contributed by atoms with van der Waals surface area (Å²) >= 11 is 4.89. The number of hydrogen-bond donors (Lipinski definition) is 0. The molecule has 0 bridgehead atoms. The summed E-state index contributed by atoms with van der Waals surface area (Å²) < 4.78 is 3.03. The molecule has 0 aliphatic rings. The van der Waals surface area contributed by atoms with Gasteiger partial charge in [-0.05, 0) is 18.2 Å². The van der Waals surface area contributed by atoms with Crippen molar-refractivity contribution in [2.75, 3.05) is 5.75 Å². The quantitative estimate of drug-likeness (QED) is 0.534. The lowest BCUT2D eigenvalue weighted by molar-refractivity contribution is 0.856. The monoisotopic (exact) mass is 332 g/mol. The van der Waals surface area contributed by atoms with Gasteiger partial charge in [0, 0.05) is 16.9 Å². The first-order chi connectivity index (χ1) is 9.20. The lowest BCUT2D eigenvalue weighted by atomic mass is 10.2. The van der Waals surface area contributed by atoms with Crippen LogP contribution in [-0.4, -0.2) is 25.5 Å². The zero-order valence-electron chi connectivity index (χ0n) is 10.1. The molecule has 0 saturated heterocycles. The smallest absolute Gasteiger partial charge is 0.212 e. The van der Waals surface area contributed by atoms with Gasteiger partial charge < -0.3 is 4.57 Å². The summed E-state index contributed by atoms with van der Waals surface area (Å²) in [6.07, 6.45) is 5.24. The number of hydrogen-bond acceptors (Lipinski definition) is 4. The Balaban J connectivity index is 2.26. The van der Waals surface area contributed by atoms with Crippen LogP contribution < -0.4 is 0 Å². The van der Waals surface area contributed by atoms with Crippen LogP contribution >= 0.6 is 27.7 Å². The highest BCUT2D eigenvalue weighted by Crippen LogP contribution is 2.28. The molecule has 0 fully saturated rings. The third-order valence-electron chi connectivity index (χ3n) is 2.83. The van der Waals surface area contributed by atoms with Gasteiger partial charge in [-0.25, -0.2) is 4.98 Å². The summed E-state index contributed by atoms with van der Waals surface area (Å²) in [4.78, 5) is 4.52. The molecule has 3 aromatic rings. The number of rotatable bonds is 2. The Labute approximate surface area is 122 Å². The SMILES string of the molecule is C#CCSc1nnc2c3cc(Br)ccc3n(C)c2n1. The van der Waals surface area contributed by atoms with E-state index in [-0.39, 0.29) is 0 Å². The second kappa shape index (κ2) is 4.83. The zero-order chi connectivity index (χ0) is 13.4. The molecular formula is C13H9BrN4S. The average molecular weight is 333 g/mol. The molecule has 4 nitrogen and oxygen atoms in total. The van der Waals surface area contributed by atoms with Crippen LogP contribution in [0.1, 0.15) is 0 Å². The minimum atomic E-state index is 0.544. The van der Waals surface area contributed by atoms with E-state index in [1.807, 2.05) is 29.8 Å². The second-order valence-corrected chi connectivity index (χ2v) is 5.84. The van der Waals surface area contributed by atoms with Crippen LogP contribution in [0.5, 0.6) is 0 Å². The van der Waals surface area contributed by atoms with Gasteiger partial charge in [-0.2, -0.15) is 0 Å². The average Bonchev–Trinajstić information content (AvgIpc) is 2.69. The van der Waals surface area contributed by atoms with E-state index >= 15 is 0 Å². The number of halogens is 1. The van der Waals surface area contributed by atoms with E-state index < -0.39 is 0 Å². The minimum absolute atomic E-state index is 0.544. The molecule has 94 valence electrons. The van der Waals surface area contributed by atoms with Crippen LogP contribution in [0.25, 0.3) is 22.1 Å². The van der Waals surface area contributed by atoms with Gasteiger partial charge in [0.25, 0.3) is 0 Å². The molecule has 1 aromatic carbocycles. The summed E-state index contributed by atoms with van der Waals surface area (Å²) in [5.41, 5.74) is 2.71. The maximum atomic E-state index is 5.24. The zero-order valence-corrected chi connectivity index (χ0v) is 12.5. The van der Waals surface area contributed by atoms with Gasteiger partial charge in [-0.1, -0.05) is 33.6 Å². The molecule has 2 aromatic heterocycles. The molecule has 0 unspecified atom stereocenters. The minimum Gasteiger partial charge on any atom is -0.327 e. The summed E-state index contributed by atoms with van der Waals surface area (Å²) in [6, 6.07) is 6.07. The predicted molar refractivity (Wildman–Crippen MR) is 81.1 cm³/mol. The maximum Gasteiger partial charge on any atom is 0.212 e. The molecule has 0 N–H and O–H groups in total. The van der Waals surface area contributed by atoms with Crippen molar-refractivity contribution in [1.82, 2.24) is 19.7 Å². The Morgan fingerprint density at radius 3 is 3.05 bits per heavy atom. The molecule has 6 heteroatoms. The fourth-order valence-electron chi connectivity index (χ4n) is 1.98. The summed E-state index contributed by atoms with van der Waals surface area (Å²) in [7, 11) is 1.98. The lowest BCUT2D eigenvalue weighted by Crippen LogP contribution is -1.95. The van der Waals surface area contributed by atoms with Crippen molar-refractivity contribution in [1.29, 1.82) is 0 Å². The first-order valence-electron chi connectivity index (χ1n) is 5.55. The highest BCUT2D eigenvalue weighted by atomic mass is 79.9. The number of terminal acetylenes is 1. The van der Waals surface area contributed by atoms with Crippen molar-refractivity contribution in [2.45, 2.75) is 5.16 Å². The Morgan fingerprint density at radius 2 is 2.26 bits per heavy atom. The van der Waals surface area contributed by atoms with Gasteiger partial charge in [-0.15, -0.1) is 16.6 Å². The Kier molecular flexibility index (Phi) is 3.17. The summed E-state index contributed by atoms with van der Waals surface area (Å²) in [6.45, 7) is 0. The van der Waals surface area contributed by atoms with Gasteiger partial charge in [0.05, 0.1) is 11.3 Å². The highest BCUT2D eigenvalue weighted by Gasteiger charge is 2.12.